The van der Waals surface area contributed by atoms with Gasteiger partial charge in [0.1, 0.15) is 5.82 Å². The first kappa shape index (κ1) is 22.6. The normalized spacial score (nSPS) is 16.1. The smallest absolute Gasteiger partial charge is 0.232 e. The van der Waals surface area contributed by atoms with E-state index in [9.17, 15) is 17.6 Å². The number of amides is 1. The van der Waals surface area contributed by atoms with Gasteiger partial charge in [0.2, 0.25) is 15.9 Å². The zero-order chi connectivity index (χ0) is 20.6. The molecule has 1 aromatic rings. The minimum Gasteiger partial charge on any atom is -0.356 e. The summed E-state index contributed by atoms with van der Waals surface area (Å²) in [4.78, 5) is 14.5. The van der Waals surface area contributed by atoms with Gasteiger partial charge in [-0.15, -0.1) is 0 Å². The van der Waals surface area contributed by atoms with Gasteiger partial charge >= 0.3 is 0 Å². The summed E-state index contributed by atoms with van der Waals surface area (Å²) in [6.45, 7) is 6.39. The van der Waals surface area contributed by atoms with Crippen molar-refractivity contribution in [3.8, 4) is 0 Å². The maximum atomic E-state index is 13.1. The van der Waals surface area contributed by atoms with E-state index in [0.29, 0.717) is 18.7 Å². The number of nitrogens with one attached hydrogen (secondary N) is 1. The van der Waals surface area contributed by atoms with E-state index in [4.69, 9.17) is 0 Å². The number of anilines is 1. The van der Waals surface area contributed by atoms with Gasteiger partial charge in [0.25, 0.3) is 0 Å². The van der Waals surface area contributed by atoms with Crippen molar-refractivity contribution in [2.45, 2.75) is 39.0 Å². The van der Waals surface area contributed by atoms with Crippen LogP contribution in [0.2, 0.25) is 0 Å². The van der Waals surface area contributed by atoms with Crippen LogP contribution in [0, 0.1) is 11.7 Å². The molecular weight excluding hydrogens is 381 g/mol. The predicted molar refractivity (Wildman–Crippen MR) is 110 cm³/mol. The molecule has 1 heterocycles. The lowest BCUT2D eigenvalue weighted by Gasteiger charge is -2.30. The zero-order valence-corrected chi connectivity index (χ0v) is 17.7. The third kappa shape index (κ3) is 7.75. The molecule has 1 aromatic carbocycles. The first-order chi connectivity index (χ1) is 13.3. The van der Waals surface area contributed by atoms with E-state index in [2.05, 4.69) is 17.1 Å². The van der Waals surface area contributed by atoms with Crippen LogP contribution in [0.25, 0.3) is 0 Å². The highest BCUT2D eigenvalue weighted by atomic mass is 32.2. The van der Waals surface area contributed by atoms with E-state index < -0.39 is 15.8 Å². The van der Waals surface area contributed by atoms with Crippen molar-refractivity contribution in [1.29, 1.82) is 0 Å². The van der Waals surface area contributed by atoms with Gasteiger partial charge in [-0.1, -0.05) is 6.92 Å². The van der Waals surface area contributed by atoms with Gasteiger partial charge in [0.05, 0.1) is 11.9 Å². The summed E-state index contributed by atoms with van der Waals surface area (Å²) in [6, 6.07) is 5.31. The standard InChI is InChI=1S/C20H32FN3O3S/c1-17-10-15-23(16-11-17)13-4-12-22-20(25)5-3-14-24(28(2,26)27)19-8-6-18(21)7-9-19/h6-9,17H,3-5,10-16H2,1-2H3,(H,22,25). The fourth-order valence-corrected chi connectivity index (χ4v) is 4.35. The number of hydrogen-bond donors (Lipinski definition) is 1. The van der Waals surface area contributed by atoms with Crippen LogP contribution in [0.4, 0.5) is 10.1 Å². The summed E-state index contributed by atoms with van der Waals surface area (Å²) in [7, 11) is -3.49. The molecule has 2 rings (SSSR count). The molecule has 1 N–H and O–H groups in total. The van der Waals surface area contributed by atoms with Crippen LogP contribution >= 0.6 is 0 Å². The van der Waals surface area contributed by atoms with Crippen LogP contribution < -0.4 is 9.62 Å². The van der Waals surface area contributed by atoms with Gasteiger partial charge in [-0.25, -0.2) is 12.8 Å². The van der Waals surface area contributed by atoms with Crippen molar-refractivity contribution in [3.63, 3.8) is 0 Å². The molecule has 1 amide bonds. The highest BCUT2D eigenvalue weighted by molar-refractivity contribution is 7.92. The van der Waals surface area contributed by atoms with Crippen molar-refractivity contribution < 1.29 is 17.6 Å². The van der Waals surface area contributed by atoms with E-state index in [0.717, 1.165) is 38.2 Å². The number of likely N-dealkylation sites (tertiary alicyclic amines) is 1. The Kier molecular flexibility index (Phi) is 8.69. The lowest BCUT2D eigenvalue weighted by atomic mass is 9.99. The minimum absolute atomic E-state index is 0.0696. The molecular formula is C20H32FN3O3S. The lowest BCUT2D eigenvalue weighted by molar-refractivity contribution is -0.121. The van der Waals surface area contributed by atoms with Gasteiger partial charge in [0, 0.05) is 19.5 Å². The van der Waals surface area contributed by atoms with Gasteiger partial charge in [0.15, 0.2) is 0 Å². The highest BCUT2D eigenvalue weighted by Gasteiger charge is 2.18. The lowest BCUT2D eigenvalue weighted by Crippen LogP contribution is -2.35. The summed E-state index contributed by atoms with van der Waals surface area (Å²) in [5.74, 6) is 0.327. The summed E-state index contributed by atoms with van der Waals surface area (Å²) in [5.41, 5.74) is 0.403. The van der Waals surface area contributed by atoms with Crippen LogP contribution in [0.3, 0.4) is 0 Å². The average Bonchev–Trinajstić information content (AvgIpc) is 2.64. The van der Waals surface area contributed by atoms with Crippen LogP contribution in [0.1, 0.15) is 39.0 Å². The number of carbonyl (C=O) groups excluding carboxylic acids is 1. The Hall–Kier alpha value is -1.67. The van der Waals surface area contributed by atoms with E-state index in [1.54, 1.807) is 0 Å². The fourth-order valence-electron chi connectivity index (χ4n) is 3.38. The van der Waals surface area contributed by atoms with Crippen LogP contribution in [0.15, 0.2) is 24.3 Å². The molecule has 1 fully saturated rings. The molecule has 1 aliphatic rings. The fraction of sp³-hybridized carbons (Fsp3) is 0.650. The number of benzene rings is 1. The Bertz CT molecular complexity index is 717. The first-order valence-corrected chi connectivity index (χ1v) is 11.8. The van der Waals surface area contributed by atoms with Crippen LogP contribution in [0.5, 0.6) is 0 Å². The predicted octanol–water partition coefficient (Wildman–Crippen LogP) is 2.61. The topological polar surface area (TPSA) is 69.7 Å². The Morgan fingerprint density at radius 1 is 1.21 bits per heavy atom. The Balaban J connectivity index is 1.67. The molecule has 0 aromatic heterocycles. The summed E-state index contributed by atoms with van der Waals surface area (Å²) in [6.07, 6.45) is 5.19. The largest absolute Gasteiger partial charge is 0.356 e. The van der Waals surface area contributed by atoms with Gasteiger partial charge in [-0.3, -0.25) is 9.10 Å². The van der Waals surface area contributed by atoms with Crippen molar-refractivity contribution in [2.24, 2.45) is 5.92 Å². The summed E-state index contributed by atoms with van der Waals surface area (Å²) in [5, 5.41) is 2.91. The molecule has 28 heavy (non-hydrogen) atoms. The second kappa shape index (κ2) is 10.8. The summed E-state index contributed by atoms with van der Waals surface area (Å²) < 4.78 is 38.3. The second-order valence-corrected chi connectivity index (χ2v) is 9.55. The monoisotopic (exact) mass is 413 g/mol. The quantitative estimate of drug-likeness (QED) is 0.599. The second-order valence-electron chi connectivity index (χ2n) is 7.64. The van der Waals surface area contributed by atoms with Gasteiger partial charge < -0.3 is 10.2 Å². The molecule has 0 aliphatic carbocycles. The third-order valence-corrected chi connectivity index (χ3v) is 6.32. The maximum absolute atomic E-state index is 13.1. The molecule has 0 bridgehead atoms. The van der Waals surface area contributed by atoms with E-state index >= 15 is 0 Å². The average molecular weight is 414 g/mol. The highest BCUT2D eigenvalue weighted by Crippen LogP contribution is 2.19. The van der Waals surface area contributed by atoms with E-state index in [1.165, 1.54) is 41.4 Å². The zero-order valence-electron chi connectivity index (χ0n) is 16.9. The van der Waals surface area contributed by atoms with Gasteiger partial charge in [-0.05, 0) is 75.5 Å². The minimum atomic E-state index is -3.49. The number of rotatable bonds is 10. The molecule has 1 saturated heterocycles. The molecule has 1 aliphatic heterocycles. The van der Waals surface area contributed by atoms with Gasteiger partial charge in [-0.2, -0.15) is 0 Å². The molecule has 0 atom stereocenters. The maximum Gasteiger partial charge on any atom is 0.232 e. The molecule has 8 heteroatoms. The molecule has 0 unspecified atom stereocenters. The molecule has 0 radical (unpaired) electrons. The number of piperidine rings is 1. The Labute approximate surface area is 168 Å². The SMILES string of the molecule is CC1CCN(CCCNC(=O)CCCN(c2ccc(F)cc2)S(C)(=O)=O)CC1. The number of sulfonamides is 1. The van der Waals surface area contributed by atoms with E-state index in [-0.39, 0.29) is 18.9 Å². The number of carbonyl (C=O) groups is 1. The van der Waals surface area contributed by atoms with Crippen LogP contribution in [-0.4, -0.2) is 58.2 Å². The molecule has 158 valence electrons. The number of halogens is 1. The van der Waals surface area contributed by atoms with Crippen LogP contribution in [-0.2, 0) is 14.8 Å². The Morgan fingerprint density at radius 3 is 2.46 bits per heavy atom. The van der Waals surface area contributed by atoms with E-state index in [1.807, 2.05) is 0 Å². The van der Waals surface area contributed by atoms with Crippen molar-refractivity contribution in [1.82, 2.24) is 10.2 Å². The third-order valence-electron chi connectivity index (χ3n) is 5.13. The van der Waals surface area contributed by atoms with Crippen molar-refractivity contribution in [3.05, 3.63) is 30.1 Å². The number of nitrogens with zero attached hydrogens (tertiary/aromatic N) is 2. The van der Waals surface area contributed by atoms with Crippen molar-refractivity contribution >= 4 is 21.6 Å². The van der Waals surface area contributed by atoms with Crippen molar-refractivity contribution in [2.75, 3.05) is 43.3 Å². The molecule has 6 nitrogen and oxygen atoms in total. The summed E-state index contributed by atoms with van der Waals surface area (Å²) >= 11 is 0. The first-order valence-electron chi connectivity index (χ1n) is 9.98. The molecule has 0 saturated carbocycles. The Morgan fingerprint density at radius 2 is 1.86 bits per heavy atom. The molecule has 0 spiro atoms. The number of hydrogen-bond acceptors (Lipinski definition) is 4.